The molecule has 0 aliphatic rings. The highest BCUT2D eigenvalue weighted by molar-refractivity contribution is 6.30. The number of nitrogens with zero attached hydrogens (tertiary/aromatic N) is 2. The van der Waals surface area contributed by atoms with Crippen LogP contribution in [0.15, 0.2) is 47.4 Å². The second-order valence-corrected chi connectivity index (χ2v) is 7.81. The molecular formula is C24H18ClF2N3O3. The zero-order valence-electron chi connectivity index (χ0n) is 17.6. The first-order valence-corrected chi connectivity index (χ1v) is 10.3. The van der Waals surface area contributed by atoms with Crippen molar-refractivity contribution >= 4 is 34.5 Å². The van der Waals surface area contributed by atoms with Crippen LogP contribution in [0.25, 0.3) is 28.1 Å². The van der Waals surface area contributed by atoms with E-state index in [4.69, 9.17) is 11.6 Å². The fraction of sp³-hybridized carbons (Fsp3) is 0.125. The van der Waals surface area contributed by atoms with E-state index in [0.717, 1.165) is 11.6 Å². The van der Waals surface area contributed by atoms with E-state index in [0.29, 0.717) is 17.3 Å². The average molecular weight is 470 g/mol. The molecule has 3 heterocycles. The van der Waals surface area contributed by atoms with Crippen molar-refractivity contribution in [2.24, 2.45) is 0 Å². The molecule has 168 valence electrons. The SMILES string of the molecule is C/C=C\c1nc(Cl)c(Cn2c(C(=O)O)c(-c3ccc[nH]c3=O)c3c(F)cc(F)cc32)cc1C. The quantitative estimate of drug-likeness (QED) is 0.382. The van der Waals surface area contributed by atoms with Crippen LogP contribution in [0.4, 0.5) is 8.78 Å². The number of allylic oxidation sites excluding steroid dienone is 1. The molecule has 2 N–H and O–H groups in total. The number of H-pyrrole nitrogens is 1. The van der Waals surface area contributed by atoms with Crippen molar-refractivity contribution in [3.8, 4) is 11.1 Å². The molecule has 0 radical (unpaired) electrons. The maximum atomic E-state index is 15.0. The van der Waals surface area contributed by atoms with E-state index >= 15 is 0 Å². The Kier molecular flexibility index (Phi) is 5.86. The van der Waals surface area contributed by atoms with Crippen LogP contribution in [0, 0.1) is 18.6 Å². The molecule has 4 aromatic rings. The Hall–Kier alpha value is -3.78. The summed E-state index contributed by atoms with van der Waals surface area (Å²) in [6.07, 6.45) is 4.97. The number of aromatic amines is 1. The number of aromatic nitrogens is 3. The van der Waals surface area contributed by atoms with Gasteiger partial charge < -0.3 is 14.7 Å². The molecular weight excluding hydrogens is 452 g/mol. The van der Waals surface area contributed by atoms with Crippen molar-refractivity contribution in [1.82, 2.24) is 14.5 Å². The molecule has 0 unspecified atom stereocenters. The maximum Gasteiger partial charge on any atom is 0.353 e. The van der Waals surface area contributed by atoms with Crippen molar-refractivity contribution in [1.29, 1.82) is 0 Å². The topological polar surface area (TPSA) is 88.0 Å². The third kappa shape index (κ3) is 3.93. The number of aryl methyl sites for hydroxylation is 1. The van der Waals surface area contributed by atoms with Gasteiger partial charge in [0, 0.05) is 28.8 Å². The molecule has 1 aromatic carbocycles. The van der Waals surface area contributed by atoms with Crippen molar-refractivity contribution in [2.75, 3.05) is 0 Å². The van der Waals surface area contributed by atoms with Crippen molar-refractivity contribution < 1.29 is 18.7 Å². The van der Waals surface area contributed by atoms with Gasteiger partial charge in [0.15, 0.2) is 0 Å². The van der Waals surface area contributed by atoms with E-state index in [9.17, 15) is 23.5 Å². The molecule has 0 atom stereocenters. The van der Waals surface area contributed by atoms with Gasteiger partial charge in [-0.25, -0.2) is 18.6 Å². The van der Waals surface area contributed by atoms with E-state index in [1.807, 2.05) is 19.9 Å². The smallest absolute Gasteiger partial charge is 0.353 e. The number of pyridine rings is 2. The molecule has 4 rings (SSSR count). The molecule has 0 bridgehead atoms. The number of halogens is 3. The number of hydrogen-bond donors (Lipinski definition) is 2. The highest BCUT2D eigenvalue weighted by atomic mass is 35.5. The molecule has 6 nitrogen and oxygen atoms in total. The van der Waals surface area contributed by atoms with Gasteiger partial charge in [-0.05, 0) is 49.8 Å². The van der Waals surface area contributed by atoms with Crippen molar-refractivity contribution in [2.45, 2.75) is 20.4 Å². The van der Waals surface area contributed by atoms with Gasteiger partial charge in [-0.15, -0.1) is 0 Å². The lowest BCUT2D eigenvalue weighted by Gasteiger charge is -2.12. The van der Waals surface area contributed by atoms with E-state index in [-0.39, 0.29) is 39.4 Å². The number of carbonyl (C=O) groups is 1. The predicted molar refractivity (Wildman–Crippen MR) is 123 cm³/mol. The summed E-state index contributed by atoms with van der Waals surface area (Å²) >= 11 is 6.37. The summed E-state index contributed by atoms with van der Waals surface area (Å²) in [7, 11) is 0. The molecule has 0 aliphatic carbocycles. The molecule has 0 saturated carbocycles. The van der Waals surface area contributed by atoms with Crippen LogP contribution < -0.4 is 5.56 Å². The Morgan fingerprint density at radius 2 is 2.06 bits per heavy atom. The van der Waals surface area contributed by atoms with Crippen LogP contribution in [0.2, 0.25) is 5.15 Å². The first kappa shape index (κ1) is 22.4. The Morgan fingerprint density at radius 3 is 2.73 bits per heavy atom. The minimum Gasteiger partial charge on any atom is -0.477 e. The summed E-state index contributed by atoms with van der Waals surface area (Å²) in [6, 6.07) is 6.32. The normalized spacial score (nSPS) is 11.5. The molecule has 3 aromatic heterocycles. The van der Waals surface area contributed by atoms with Crippen molar-refractivity contribution in [3.05, 3.63) is 92.3 Å². The zero-order chi connectivity index (χ0) is 23.9. The molecule has 0 spiro atoms. The molecule has 0 fully saturated rings. The third-order valence-corrected chi connectivity index (χ3v) is 5.63. The van der Waals surface area contributed by atoms with Gasteiger partial charge in [-0.1, -0.05) is 17.7 Å². The molecule has 0 saturated heterocycles. The Morgan fingerprint density at radius 1 is 1.30 bits per heavy atom. The highest BCUT2D eigenvalue weighted by Gasteiger charge is 2.28. The van der Waals surface area contributed by atoms with Gasteiger partial charge in [0.1, 0.15) is 22.5 Å². The first-order chi connectivity index (χ1) is 15.7. The summed E-state index contributed by atoms with van der Waals surface area (Å²) < 4.78 is 30.4. The number of carboxylic acids is 1. The van der Waals surface area contributed by atoms with Crippen LogP contribution in [0.1, 0.15) is 34.2 Å². The zero-order valence-corrected chi connectivity index (χ0v) is 18.4. The number of benzene rings is 1. The maximum absolute atomic E-state index is 15.0. The summed E-state index contributed by atoms with van der Waals surface area (Å²) in [6.45, 7) is 3.53. The number of hydrogen-bond acceptors (Lipinski definition) is 3. The fourth-order valence-corrected chi connectivity index (χ4v) is 4.14. The Bertz CT molecular complexity index is 1510. The van der Waals surface area contributed by atoms with Crippen LogP contribution in [0.3, 0.4) is 0 Å². The average Bonchev–Trinajstić information content (AvgIpc) is 3.06. The van der Waals surface area contributed by atoms with Crippen LogP contribution in [-0.2, 0) is 6.54 Å². The minimum atomic E-state index is -1.41. The number of carboxylic acid groups (broad SMARTS) is 1. The number of fused-ring (bicyclic) bond motifs is 1. The summed E-state index contributed by atoms with van der Waals surface area (Å²) in [5.41, 5.74) is 0.727. The number of rotatable bonds is 5. The summed E-state index contributed by atoms with van der Waals surface area (Å²) in [5, 5.41) is 10.0. The van der Waals surface area contributed by atoms with E-state index < -0.39 is 23.2 Å². The lowest BCUT2D eigenvalue weighted by atomic mass is 10.0. The molecule has 33 heavy (non-hydrogen) atoms. The second-order valence-electron chi connectivity index (χ2n) is 7.45. The van der Waals surface area contributed by atoms with E-state index in [2.05, 4.69) is 9.97 Å². The van der Waals surface area contributed by atoms with Gasteiger partial charge in [-0.3, -0.25) is 4.79 Å². The van der Waals surface area contributed by atoms with Crippen LogP contribution in [-0.4, -0.2) is 25.6 Å². The standard InChI is InChI=1S/C24H18ClF2N3O3/c1-3-5-17-12(2)8-13(22(25)29-17)11-30-18-10-14(26)9-16(27)20(18)19(21(30)24(32)33)15-6-4-7-28-23(15)31/h3-10H,11H2,1-2H3,(H,28,31)(H,32,33)/b5-3-. The van der Waals surface area contributed by atoms with Gasteiger partial charge in [0.25, 0.3) is 5.56 Å². The van der Waals surface area contributed by atoms with Gasteiger partial charge in [0.05, 0.1) is 23.3 Å². The Balaban J connectivity index is 2.07. The predicted octanol–water partition coefficient (Wildman–Crippen LogP) is 5.41. The van der Waals surface area contributed by atoms with Crippen LogP contribution >= 0.6 is 11.6 Å². The third-order valence-electron chi connectivity index (χ3n) is 5.30. The Labute approximate surface area is 191 Å². The second kappa shape index (κ2) is 8.63. The summed E-state index contributed by atoms with van der Waals surface area (Å²) in [4.78, 5) is 31.7. The van der Waals surface area contributed by atoms with Gasteiger partial charge in [-0.2, -0.15) is 0 Å². The molecule has 9 heteroatoms. The fourth-order valence-electron chi connectivity index (χ4n) is 3.93. The lowest BCUT2D eigenvalue weighted by Crippen LogP contribution is -2.14. The highest BCUT2D eigenvalue weighted by Crippen LogP contribution is 2.37. The van der Waals surface area contributed by atoms with Gasteiger partial charge in [0.2, 0.25) is 0 Å². The lowest BCUT2D eigenvalue weighted by molar-refractivity contribution is 0.0687. The van der Waals surface area contributed by atoms with Crippen LogP contribution in [0.5, 0.6) is 0 Å². The monoisotopic (exact) mass is 469 g/mol. The van der Waals surface area contributed by atoms with E-state index in [1.165, 1.54) is 22.9 Å². The van der Waals surface area contributed by atoms with E-state index in [1.54, 1.807) is 12.1 Å². The number of aromatic carboxylic acids is 1. The molecule has 0 aliphatic heterocycles. The molecule has 0 amide bonds. The minimum absolute atomic E-state index is 0.0191. The number of nitrogens with one attached hydrogen (secondary N) is 1. The van der Waals surface area contributed by atoms with Gasteiger partial charge >= 0.3 is 5.97 Å². The van der Waals surface area contributed by atoms with Crippen molar-refractivity contribution in [3.63, 3.8) is 0 Å². The largest absolute Gasteiger partial charge is 0.477 e. The summed E-state index contributed by atoms with van der Waals surface area (Å²) in [5.74, 6) is -3.27. The first-order valence-electron chi connectivity index (χ1n) is 9.94.